The summed E-state index contributed by atoms with van der Waals surface area (Å²) in [6.07, 6.45) is 0. The van der Waals surface area contributed by atoms with Crippen LogP contribution in [0.2, 0.25) is 0 Å². The molecule has 0 amide bonds. The first kappa shape index (κ1) is 36.1. The van der Waals surface area contributed by atoms with Crippen molar-refractivity contribution in [1.82, 2.24) is 4.57 Å². The smallest absolute Gasteiger partial charge is 0.143 e. The molecule has 10 aromatic carbocycles. The van der Waals surface area contributed by atoms with Crippen LogP contribution < -0.4 is 4.90 Å². The standard InChI is InChI=1S/C60H38N2O2/c1-2-15-44(16-3-1)62-55-24-7-4-19-49(55)53-37-42(29-33-56(53)62)40-13-10-17-46(35-40)61(45-31-27-39(28-32-45)41-30-34-59-54(38-41)51-21-6-8-25-57(51)63-59)47-18-11-14-43(36-47)48-22-12-23-52-50-20-5-9-26-58(50)64-60(48)52/h1-38H. The number of para-hydroxylation sites is 5. The summed E-state index contributed by atoms with van der Waals surface area (Å²) in [6, 6.07) is 82.3. The van der Waals surface area contributed by atoms with Crippen molar-refractivity contribution in [2.45, 2.75) is 0 Å². The molecule has 0 bridgehead atoms. The minimum absolute atomic E-state index is 0.891. The van der Waals surface area contributed by atoms with Crippen LogP contribution in [0.15, 0.2) is 239 Å². The Morgan fingerprint density at radius 2 is 0.844 bits per heavy atom. The predicted octanol–water partition coefficient (Wildman–Crippen LogP) is 17.1. The maximum absolute atomic E-state index is 6.54. The third-order valence-corrected chi connectivity index (χ3v) is 12.8. The van der Waals surface area contributed by atoms with Crippen LogP contribution in [0.3, 0.4) is 0 Å². The molecule has 64 heavy (non-hydrogen) atoms. The number of furan rings is 2. The summed E-state index contributed by atoms with van der Waals surface area (Å²) in [6.45, 7) is 0. The lowest BCUT2D eigenvalue weighted by atomic mass is 9.99. The summed E-state index contributed by atoms with van der Waals surface area (Å²) in [7, 11) is 0. The zero-order chi connectivity index (χ0) is 42.1. The van der Waals surface area contributed by atoms with Crippen molar-refractivity contribution in [3.63, 3.8) is 0 Å². The van der Waals surface area contributed by atoms with E-state index in [4.69, 9.17) is 8.83 Å². The van der Waals surface area contributed by atoms with E-state index in [1.807, 2.05) is 24.3 Å². The van der Waals surface area contributed by atoms with Gasteiger partial charge in [0.25, 0.3) is 0 Å². The minimum Gasteiger partial charge on any atom is -0.456 e. The van der Waals surface area contributed by atoms with Crippen molar-refractivity contribution >= 4 is 82.7 Å². The summed E-state index contributed by atoms with van der Waals surface area (Å²) < 4.78 is 15.1. The number of fused-ring (bicyclic) bond motifs is 9. The van der Waals surface area contributed by atoms with Gasteiger partial charge >= 0.3 is 0 Å². The van der Waals surface area contributed by atoms with Crippen molar-refractivity contribution in [2.75, 3.05) is 4.90 Å². The Morgan fingerprint density at radius 1 is 0.297 bits per heavy atom. The van der Waals surface area contributed by atoms with E-state index in [0.29, 0.717) is 0 Å². The van der Waals surface area contributed by atoms with Gasteiger partial charge in [-0.1, -0.05) is 140 Å². The summed E-state index contributed by atoms with van der Waals surface area (Å²) >= 11 is 0. The molecule has 0 saturated heterocycles. The van der Waals surface area contributed by atoms with Crippen LogP contribution >= 0.6 is 0 Å². The second kappa shape index (κ2) is 14.5. The van der Waals surface area contributed by atoms with Gasteiger partial charge in [-0.15, -0.1) is 0 Å². The fourth-order valence-corrected chi connectivity index (χ4v) is 9.78. The fraction of sp³-hybridized carbons (Fsp3) is 0. The van der Waals surface area contributed by atoms with Gasteiger partial charge in [0.1, 0.15) is 22.3 Å². The SMILES string of the molecule is c1ccc(-n2c3ccccc3c3cc(-c4cccc(N(c5ccc(-c6ccc7oc8ccccc8c7c6)cc5)c5cccc(-c6cccc7c6oc6ccccc67)c5)c4)ccc32)cc1. The van der Waals surface area contributed by atoms with Crippen LogP contribution in [0.25, 0.3) is 105 Å². The highest BCUT2D eigenvalue weighted by atomic mass is 16.3. The number of hydrogen-bond acceptors (Lipinski definition) is 3. The molecule has 0 fully saturated rings. The normalized spacial score (nSPS) is 11.8. The number of hydrogen-bond donors (Lipinski definition) is 0. The van der Waals surface area contributed by atoms with Crippen LogP contribution in [-0.4, -0.2) is 4.57 Å². The van der Waals surface area contributed by atoms with Crippen molar-refractivity contribution < 1.29 is 8.83 Å². The highest BCUT2D eigenvalue weighted by molar-refractivity contribution is 6.11. The summed E-state index contributed by atoms with van der Waals surface area (Å²) in [5.41, 5.74) is 17.0. The van der Waals surface area contributed by atoms with Gasteiger partial charge in [-0.3, -0.25) is 0 Å². The van der Waals surface area contributed by atoms with Crippen molar-refractivity contribution in [1.29, 1.82) is 0 Å². The van der Waals surface area contributed by atoms with Gasteiger partial charge in [0.15, 0.2) is 0 Å². The molecule has 13 aromatic rings. The Hall–Kier alpha value is -8.60. The highest BCUT2D eigenvalue weighted by Crippen LogP contribution is 2.43. The molecule has 0 aliphatic carbocycles. The largest absolute Gasteiger partial charge is 0.456 e. The molecule has 0 N–H and O–H groups in total. The van der Waals surface area contributed by atoms with Gasteiger partial charge in [0, 0.05) is 60.6 Å². The molecule has 0 radical (unpaired) electrons. The predicted molar refractivity (Wildman–Crippen MR) is 266 cm³/mol. The average molecular weight is 819 g/mol. The van der Waals surface area contributed by atoms with Crippen molar-refractivity contribution in [3.05, 3.63) is 231 Å². The topological polar surface area (TPSA) is 34.5 Å². The van der Waals surface area contributed by atoms with E-state index in [2.05, 4.69) is 216 Å². The van der Waals surface area contributed by atoms with Crippen molar-refractivity contribution in [3.8, 4) is 39.1 Å². The highest BCUT2D eigenvalue weighted by Gasteiger charge is 2.19. The molecule has 4 heteroatoms. The van der Waals surface area contributed by atoms with Gasteiger partial charge < -0.3 is 18.3 Å². The monoisotopic (exact) mass is 818 g/mol. The molecule has 300 valence electrons. The maximum atomic E-state index is 6.54. The second-order valence-electron chi connectivity index (χ2n) is 16.5. The van der Waals surface area contributed by atoms with Crippen LogP contribution in [0.5, 0.6) is 0 Å². The van der Waals surface area contributed by atoms with E-state index < -0.39 is 0 Å². The molecule has 0 aliphatic heterocycles. The first-order valence-corrected chi connectivity index (χ1v) is 21.7. The van der Waals surface area contributed by atoms with E-state index in [-0.39, 0.29) is 0 Å². The Balaban J connectivity index is 0.946. The van der Waals surface area contributed by atoms with Crippen molar-refractivity contribution in [2.24, 2.45) is 0 Å². The zero-order valence-corrected chi connectivity index (χ0v) is 34.7. The Labute approximate surface area is 369 Å². The van der Waals surface area contributed by atoms with Crippen LogP contribution in [0.4, 0.5) is 17.1 Å². The molecular weight excluding hydrogens is 781 g/mol. The zero-order valence-electron chi connectivity index (χ0n) is 34.7. The Morgan fingerprint density at radius 3 is 1.66 bits per heavy atom. The molecule has 13 rings (SSSR count). The van der Waals surface area contributed by atoms with Gasteiger partial charge in [-0.2, -0.15) is 0 Å². The summed E-state index contributed by atoms with van der Waals surface area (Å²) in [4.78, 5) is 2.36. The lowest BCUT2D eigenvalue weighted by molar-refractivity contribution is 0.669. The van der Waals surface area contributed by atoms with E-state index in [1.165, 1.54) is 21.8 Å². The van der Waals surface area contributed by atoms with E-state index in [9.17, 15) is 0 Å². The van der Waals surface area contributed by atoms with Gasteiger partial charge in [-0.25, -0.2) is 0 Å². The average Bonchev–Trinajstić information content (AvgIpc) is 4.04. The lowest BCUT2D eigenvalue weighted by Gasteiger charge is -2.27. The fourth-order valence-electron chi connectivity index (χ4n) is 9.78. The summed E-state index contributed by atoms with van der Waals surface area (Å²) in [5.74, 6) is 0. The lowest BCUT2D eigenvalue weighted by Crippen LogP contribution is -2.10. The number of benzene rings is 10. The Kier molecular flexibility index (Phi) is 8.18. The molecule has 0 saturated carbocycles. The van der Waals surface area contributed by atoms with Crippen LogP contribution in [-0.2, 0) is 0 Å². The van der Waals surface area contributed by atoms with Crippen LogP contribution in [0, 0.1) is 0 Å². The maximum Gasteiger partial charge on any atom is 0.143 e. The van der Waals surface area contributed by atoms with E-state index in [1.54, 1.807) is 0 Å². The van der Waals surface area contributed by atoms with E-state index in [0.717, 1.165) is 100 Å². The van der Waals surface area contributed by atoms with Gasteiger partial charge in [0.05, 0.1) is 11.0 Å². The molecule has 0 unspecified atom stereocenters. The summed E-state index contributed by atoms with van der Waals surface area (Å²) in [5, 5.41) is 6.94. The molecule has 0 atom stereocenters. The third kappa shape index (κ3) is 5.84. The van der Waals surface area contributed by atoms with Crippen LogP contribution in [0.1, 0.15) is 0 Å². The quantitative estimate of drug-likeness (QED) is 0.161. The molecule has 3 heterocycles. The first-order valence-electron chi connectivity index (χ1n) is 21.7. The number of anilines is 3. The number of aromatic nitrogens is 1. The number of nitrogens with zero attached hydrogens (tertiary/aromatic N) is 2. The van der Waals surface area contributed by atoms with Gasteiger partial charge in [0.2, 0.25) is 0 Å². The third-order valence-electron chi connectivity index (χ3n) is 12.8. The molecule has 0 spiro atoms. The Bertz CT molecular complexity index is 3910. The van der Waals surface area contributed by atoms with Gasteiger partial charge in [-0.05, 0) is 119 Å². The minimum atomic E-state index is 0.891. The molecule has 4 nitrogen and oxygen atoms in total. The second-order valence-corrected chi connectivity index (χ2v) is 16.5. The molecule has 0 aliphatic rings. The van der Waals surface area contributed by atoms with E-state index >= 15 is 0 Å². The number of rotatable bonds is 7. The molecular formula is C60H38N2O2. The molecule has 3 aromatic heterocycles. The first-order chi connectivity index (χ1) is 31.7.